The Morgan fingerprint density at radius 2 is 1.94 bits per heavy atom. The van der Waals surface area contributed by atoms with E-state index in [9.17, 15) is 0 Å². The zero-order valence-corrected chi connectivity index (χ0v) is 10.7. The smallest absolute Gasteiger partial charge is 0.166 e. The van der Waals surface area contributed by atoms with Gasteiger partial charge in [0.25, 0.3) is 0 Å². The van der Waals surface area contributed by atoms with Gasteiger partial charge in [-0.25, -0.2) is 0 Å². The van der Waals surface area contributed by atoms with Crippen molar-refractivity contribution in [2.24, 2.45) is 0 Å². The predicted molar refractivity (Wildman–Crippen MR) is 69.6 cm³/mol. The first-order valence-electron chi connectivity index (χ1n) is 6.50. The molecule has 0 aromatic carbocycles. The van der Waals surface area contributed by atoms with Crippen molar-refractivity contribution in [3.05, 3.63) is 0 Å². The molecule has 0 aromatic rings. The highest BCUT2D eigenvalue weighted by Gasteiger charge is 2.17. The van der Waals surface area contributed by atoms with E-state index in [4.69, 9.17) is 17.0 Å². The van der Waals surface area contributed by atoms with Gasteiger partial charge in [0, 0.05) is 19.2 Å². The molecule has 4 heteroatoms. The lowest BCUT2D eigenvalue weighted by molar-refractivity contribution is 0.114. The molecule has 2 fully saturated rings. The van der Waals surface area contributed by atoms with Gasteiger partial charge in [-0.15, -0.1) is 0 Å². The minimum atomic E-state index is 0.367. The maximum Gasteiger partial charge on any atom is 0.166 e. The molecule has 2 aliphatic rings. The average molecular weight is 242 g/mol. The van der Waals surface area contributed by atoms with Gasteiger partial charge >= 0.3 is 0 Å². The summed E-state index contributed by atoms with van der Waals surface area (Å²) in [6.45, 7) is 1.77. The SMILES string of the molecule is S=C(NC[C@@H]1CCCO1)NC1CCCCC1. The van der Waals surface area contributed by atoms with Crippen molar-refractivity contribution in [2.75, 3.05) is 13.2 Å². The molecule has 0 aromatic heterocycles. The summed E-state index contributed by atoms with van der Waals surface area (Å²) >= 11 is 5.29. The van der Waals surface area contributed by atoms with Crippen LogP contribution in [0.4, 0.5) is 0 Å². The van der Waals surface area contributed by atoms with Gasteiger partial charge in [-0.3, -0.25) is 0 Å². The second kappa shape index (κ2) is 6.40. The molecule has 2 rings (SSSR count). The molecule has 0 unspecified atom stereocenters. The maximum absolute atomic E-state index is 5.54. The van der Waals surface area contributed by atoms with Crippen molar-refractivity contribution in [3.8, 4) is 0 Å². The lowest BCUT2D eigenvalue weighted by Crippen LogP contribution is -2.44. The van der Waals surface area contributed by atoms with Gasteiger partial charge in [0.1, 0.15) is 0 Å². The molecule has 2 N–H and O–H groups in total. The summed E-state index contributed by atoms with van der Waals surface area (Å²) in [5.74, 6) is 0. The van der Waals surface area contributed by atoms with Gasteiger partial charge < -0.3 is 15.4 Å². The molecule has 3 nitrogen and oxygen atoms in total. The number of hydrogen-bond acceptors (Lipinski definition) is 2. The Labute approximate surface area is 103 Å². The van der Waals surface area contributed by atoms with Crippen molar-refractivity contribution in [1.29, 1.82) is 0 Å². The van der Waals surface area contributed by atoms with Crippen LogP contribution in [0.3, 0.4) is 0 Å². The lowest BCUT2D eigenvalue weighted by atomic mass is 9.96. The zero-order chi connectivity index (χ0) is 11.2. The molecule has 1 saturated carbocycles. The van der Waals surface area contributed by atoms with Crippen LogP contribution in [0.5, 0.6) is 0 Å². The fraction of sp³-hybridized carbons (Fsp3) is 0.917. The summed E-state index contributed by atoms with van der Waals surface area (Å²) in [5.41, 5.74) is 0. The molecule has 1 saturated heterocycles. The quantitative estimate of drug-likeness (QED) is 0.741. The Morgan fingerprint density at radius 3 is 2.62 bits per heavy atom. The number of thiocarbonyl (C=S) groups is 1. The highest BCUT2D eigenvalue weighted by molar-refractivity contribution is 7.80. The Bertz CT molecular complexity index is 223. The average Bonchev–Trinajstić information content (AvgIpc) is 2.81. The van der Waals surface area contributed by atoms with Crippen LogP contribution in [0.15, 0.2) is 0 Å². The van der Waals surface area contributed by atoms with Crippen LogP contribution in [-0.4, -0.2) is 30.4 Å². The van der Waals surface area contributed by atoms with E-state index in [0.717, 1.165) is 18.3 Å². The molecular formula is C12H22N2OS. The third kappa shape index (κ3) is 3.91. The summed E-state index contributed by atoms with van der Waals surface area (Å²) in [5, 5.41) is 7.48. The number of ether oxygens (including phenoxy) is 1. The predicted octanol–water partition coefficient (Wildman–Crippen LogP) is 1.96. The molecule has 1 atom stereocenters. The first-order chi connectivity index (χ1) is 7.84. The van der Waals surface area contributed by atoms with Crippen LogP contribution in [0, 0.1) is 0 Å². The molecule has 0 radical (unpaired) electrons. The van der Waals surface area contributed by atoms with Crippen LogP contribution in [-0.2, 0) is 4.74 Å². The van der Waals surface area contributed by atoms with E-state index in [1.54, 1.807) is 0 Å². The van der Waals surface area contributed by atoms with Crippen LogP contribution in [0.25, 0.3) is 0 Å². The van der Waals surface area contributed by atoms with Gasteiger partial charge in [0.2, 0.25) is 0 Å². The van der Waals surface area contributed by atoms with Crippen molar-refractivity contribution in [3.63, 3.8) is 0 Å². The lowest BCUT2D eigenvalue weighted by Gasteiger charge is -2.24. The minimum absolute atomic E-state index is 0.367. The Balaban J connectivity index is 1.59. The summed E-state index contributed by atoms with van der Waals surface area (Å²) in [7, 11) is 0. The van der Waals surface area contributed by atoms with Gasteiger partial charge in [0.15, 0.2) is 5.11 Å². The van der Waals surface area contributed by atoms with Gasteiger partial charge in [0.05, 0.1) is 6.10 Å². The fourth-order valence-electron chi connectivity index (χ4n) is 2.50. The molecule has 1 heterocycles. The Morgan fingerprint density at radius 1 is 1.12 bits per heavy atom. The van der Waals surface area contributed by atoms with E-state index in [2.05, 4.69) is 10.6 Å². The van der Waals surface area contributed by atoms with Crippen LogP contribution >= 0.6 is 12.2 Å². The molecule has 0 spiro atoms. The largest absolute Gasteiger partial charge is 0.376 e. The molecule has 0 amide bonds. The van der Waals surface area contributed by atoms with E-state index in [0.29, 0.717) is 12.1 Å². The third-order valence-corrected chi connectivity index (χ3v) is 3.72. The molecule has 0 bridgehead atoms. The number of rotatable bonds is 3. The van der Waals surface area contributed by atoms with Crippen molar-refractivity contribution >= 4 is 17.3 Å². The number of hydrogen-bond donors (Lipinski definition) is 2. The number of nitrogens with one attached hydrogen (secondary N) is 2. The minimum Gasteiger partial charge on any atom is -0.376 e. The molecule has 92 valence electrons. The topological polar surface area (TPSA) is 33.3 Å². The van der Waals surface area contributed by atoms with E-state index in [1.807, 2.05) is 0 Å². The van der Waals surface area contributed by atoms with Crippen molar-refractivity contribution in [1.82, 2.24) is 10.6 Å². The Kier molecular flexibility index (Phi) is 4.85. The summed E-state index contributed by atoms with van der Waals surface area (Å²) < 4.78 is 5.54. The second-order valence-electron chi connectivity index (χ2n) is 4.82. The van der Waals surface area contributed by atoms with E-state index in [-0.39, 0.29) is 0 Å². The third-order valence-electron chi connectivity index (χ3n) is 3.45. The van der Waals surface area contributed by atoms with E-state index < -0.39 is 0 Å². The van der Waals surface area contributed by atoms with Gasteiger partial charge in [-0.05, 0) is 37.9 Å². The second-order valence-corrected chi connectivity index (χ2v) is 5.23. The molecule has 1 aliphatic heterocycles. The highest BCUT2D eigenvalue weighted by Crippen LogP contribution is 2.17. The highest BCUT2D eigenvalue weighted by atomic mass is 32.1. The summed E-state index contributed by atoms with van der Waals surface area (Å²) in [6, 6.07) is 0.596. The molecular weight excluding hydrogens is 220 g/mol. The monoisotopic (exact) mass is 242 g/mol. The summed E-state index contributed by atoms with van der Waals surface area (Å²) in [4.78, 5) is 0. The fourth-order valence-corrected chi connectivity index (χ4v) is 2.75. The first kappa shape index (κ1) is 12.1. The van der Waals surface area contributed by atoms with Crippen LogP contribution < -0.4 is 10.6 Å². The van der Waals surface area contributed by atoms with E-state index >= 15 is 0 Å². The Hall–Kier alpha value is -0.350. The molecule has 16 heavy (non-hydrogen) atoms. The normalized spacial score (nSPS) is 26.6. The van der Waals surface area contributed by atoms with Gasteiger partial charge in [-0.2, -0.15) is 0 Å². The first-order valence-corrected chi connectivity index (χ1v) is 6.91. The van der Waals surface area contributed by atoms with Gasteiger partial charge in [-0.1, -0.05) is 19.3 Å². The summed E-state index contributed by atoms with van der Waals surface area (Å²) in [6.07, 6.45) is 9.32. The van der Waals surface area contributed by atoms with Crippen LogP contribution in [0.1, 0.15) is 44.9 Å². The molecule has 1 aliphatic carbocycles. The van der Waals surface area contributed by atoms with E-state index in [1.165, 1.54) is 44.9 Å². The van der Waals surface area contributed by atoms with Crippen LogP contribution in [0.2, 0.25) is 0 Å². The maximum atomic E-state index is 5.54. The standard InChI is InChI=1S/C12H22N2OS/c16-12(13-9-11-7-4-8-15-11)14-10-5-2-1-3-6-10/h10-11H,1-9H2,(H2,13,14,16)/t11-/m0/s1. The van der Waals surface area contributed by atoms with Crippen molar-refractivity contribution < 1.29 is 4.74 Å². The zero-order valence-electron chi connectivity index (χ0n) is 9.84. The van der Waals surface area contributed by atoms with Crippen molar-refractivity contribution in [2.45, 2.75) is 57.1 Å².